The molecule has 2 rings (SSSR count). The number of carbonyl (C=O) groups is 1. The minimum absolute atomic E-state index is 0.0703. The molecule has 1 heterocycles. The Hall–Kier alpha value is -1.31. The number of aliphatic hydroxyl groups is 1. The first-order valence-corrected chi connectivity index (χ1v) is 8.51. The lowest BCUT2D eigenvalue weighted by molar-refractivity contribution is -0.138. The third-order valence-corrected chi connectivity index (χ3v) is 4.68. The zero-order valence-corrected chi connectivity index (χ0v) is 15.8. The SMILES string of the molecule is CCOC(=O)/C(C(=N)c1c(Cl)cc(Cl)cc1Cl)=C(/O)C1(OC)CNC1. The van der Waals surface area contributed by atoms with E-state index in [2.05, 4.69) is 5.32 Å². The number of nitrogens with one attached hydrogen (secondary N) is 2. The van der Waals surface area contributed by atoms with E-state index >= 15 is 0 Å². The zero-order valence-electron chi connectivity index (χ0n) is 13.6. The van der Waals surface area contributed by atoms with E-state index in [1.54, 1.807) is 6.92 Å². The molecule has 6 nitrogen and oxygen atoms in total. The first kappa shape index (κ1) is 20.0. The van der Waals surface area contributed by atoms with Crippen LogP contribution in [0.2, 0.25) is 15.1 Å². The van der Waals surface area contributed by atoms with Crippen LogP contribution in [0.25, 0.3) is 0 Å². The van der Waals surface area contributed by atoms with Crippen LogP contribution in [-0.2, 0) is 14.3 Å². The van der Waals surface area contributed by atoms with Crippen molar-refractivity contribution in [3.8, 4) is 0 Å². The van der Waals surface area contributed by atoms with Crippen LogP contribution in [0.5, 0.6) is 0 Å². The van der Waals surface area contributed by atoms with Crippen molar-refractivity contribution in [2.75, 3.05) is 26.8 Å². The zero-order chi connectivity index (χ0) is 18.8. The molecule has 0 saturated carbocycles. The van der Waals surface area contributed by atoms with Gasteiger partial charge in [0.25, 0.3) is 0 Å². The van der Waals surface area contributed by atoms with Crippen molar-refractivity contribution in [1.82, 2.24) is 5.32 Å². The summed E-state index contributed by atoms with van der Waals surface area (Å²) in [5.74, 6) is -1.27. The second kappa shape index (κ2) is 7.93. The summed E-state index contributed by atoms with van der Waals surface area (Å²) in [5, 5.41) is 22.5. The van der Waals surface area contributed by atoms with Crippen molar-refractivity contribution in [3.63, 3.8) is 0 Å². The molecule has 1 aromatic rings. The van der Waals surface area contributed by atoms with E-state index in [4.69, 9.17) is 49.7 Å². The molecular formula is C16H17Cl3N2O4. The normalized spacial score (nSPS) is 16.7. The van der Waals surface area contributed by atoms with E-state index < -0.39 is 17.3 Å². The molecular weight excluding hydrogens is 391 g/mol. The van der Waals surface area contributed by atoms with Crippen molar-refractivity contribution in [1.29, 1.82) is 5.41 Å². The lowest BCUT2D eigenvalue weighted by Gasteiger charge is -2.41. The average Bonchev–Trinajstić information content (AvgIpc) is 2.46. The number of hydrogen-bond acceptors (Lipinski definition) is 6. The highest BCUT2D eigenvalue weighted by Gasteiger charge is 2.45. The minimum atomic E-state index is -1.11. The van der Waals surface area contributed by atoms with Crippen LogP contribution in [0.15, 0.2) is 23.5 Å². The number of carbonyl (C=O) groups excluding carboxylic acids is 1. The minimum Gasteiger partial charge on any atom is -0.508 e. The molecule has 0 radical (unpaired) electrons. The van der Waals surface area contributed by atoms with Crippen molar-refractivity contribution in [2.45, 2.75) is 12.5 Å². The standard InChI is InChI=1S/C16H17Cl3N2O4/c1-3-25-15(23)12(14(22)16(24-2)6-21-7-16)13(20)11-9(18)4-8(17)5-10(11)19/h4-5,20-22H,3,6-7H2,1-2H3/b14-12+,20-13?. The van der Waals surface area contributed by atoms with Gasteiger partial charge in [-0.1, -0.05) is 34.8 Å². The number of halogens is 3. The van der Waals surface area contributed by atoms with Gasteiger partial charge in [-0.3, -0.25) is 5.41 Å². The van der Waals surface area contributed by atoms with E-state index in [0.29, 0.717) is 0 Å². The number of esters is 1. The summed E-state index contributed by atoms with van der Waals surface area (Å²) in [4.78, 5) is 12.4. The molecule has 0 amide bonds. The van der Waals surface area contributed by atoms with Gasteiger partial charge in [0.05, 0.1) is 22.4 Å². The van der Waals surface area contributed by atoms with Crippen molar-refractivity contribution < 1.29 is 19.4 Å². The lowest BCUT2D eigenvalue weighted by atomic mass is 9.88. The summed E-state index contributed by atoms with van der Waals surface area (Å²) in [5.41, 5.74) is -1.76. The van der Waals surface area contributed by atoms with Gasteiger partial charge in [0.1, 0.15) is 16.9 Å². The predicted octanol–water partition coefficient (Wildman–Crippen LogP) is 3.38. The van der Waals surface area contributed by atoms with Gasteiger partial charge < -0.3 is 19.9 Å². The van der Waals surface area contributed by atoms with Crippen LogP contribution in [0.3, 0.4) is 0 Å². The van der Waals surface area contributed by atoms with Gasteiger partial charge in [0.2, 0.25) is 0 Å². The second-order valence-corrected chi connectivity index (χ2v) is 6.62. The molecule has 9 heteroatoms. The van der Waals surface area contributed by atoms with Gasteiger partial charge in [-0.2, -0.15) is 0 Å². The van der Waals surface area contributed by atoms with E-state index in [1.165, 1.54) is 19.2 Å². The highest BCUT2D eigenvalue weighted by Crippen LogP contribution is 2.34. The number of methoxy groups -OCH3 is 1. The Bertz CT molecular complexity index is 716. The molecule has 1 aliphatic rings. The van der Waals surface area contributed by atoms with Crippen LogP contribution < -0.4 is 5.32 Å². The fraction of sp³-hybridized carbons (Fsp3) is 0.375. The molecule has 1 aromatic carbocycles. The number of ether oxygens (including phenoxy) is 2. The summed E-state index contributed by atoms with van der Waals surface area (Å²) < 4.78 is 10.3. The molecule has 3 N–H and O–H groups in total. The quantitative estimate of drug-likeness (QED) is 0.291. The van der Waals surface area contributed by atoms with Crippen LogP contribution in [0.4, 0.5) is 0 Å². The molecule has 25 heavy (non-hydrogen) atoms. The highest BCUT2D eigenvalue weighted by atomic mass is 35.5. The molecule has 0 aromatic heterocycles. The Morgan fingerprint density at radius 1 is 1.32 bits per heavy atom. The number of aliphatic hydroxyl groups excluding tert-OH is 1. The maximum Gasteiger partial charge on any atom is 0.343 e. The van der Waals surface area contributed by atoms with Gasteiger partial charge in [0, 0.05) is 30.8 Å². The van der Waals surface area contributed by atoms with Crippen molar-refractivity contribution in [3.05, 3.63) is 44.1 Å². The topological polar surface area (TPSA) is 91.6 Å². The Kier molecular flexibility index (Phi) is 6.35. The number of benzene rings is 1. The maximum absolute atomic E-state index is 12.4. The summed E-state index contributed by atoms with van der Waals surface area (Å²) >= 11 is 18.2. The third-order valence-electron chi connectivity index (χ3n) is 3.87. The molecule has 0 bridgehead atoms. The van der Waals surface area contributed by atoms with Gasteiger partial charge >= 0.3 is 5.97 Å². The smallest absolute Gasteiger partial charge is 0.343 e. The Morgan fingerprint density at radius 2 is 1.88 bits per heavy atom. The van der Waals surface area contributed by atoms with Gasteiger partial charge in [-0.15, -0.1) is 0 Å². The molecule has 0 unspecified atom stereocenters. The molecule has 136 valence electrons. The molecule has 0 aliphatic carbocycles. The predicted molar refractivity (Wildman–Crippen MR) is 97.2 cm³/mol. The van der Waals surface area contributed by atoms with Crippen molar-refractivity contribution in [2.24, 2.45) is 0 Å². The molecule has 0 spiro atoms. The van der Waals surface area contributed by atoms with Gasteiger partial charge in [-0.05, 0) is 19.1 Å². The first-order chi connectivity index (χ1) is 11.8. The maximum atomic E-state index is 12.4. The number of rotatable bonds is 6. The van der Waals surface area contributed by atoms with E-state index in [-0.39, 0.29) is 51.6 Å². The fourth-order valence-electron chi connectivity index (χ4n) is 2.41. The van der Waals surface area contributed by atoms with Gasteiger partial charge in [0.15, 0.2) is 0 Å². The lowest BCUT2D eigenvalue weighted by Crippen LogP contribution is -2.62. The molecule has 1 aliphatic heterocycles. The fourth-order valence-corrected chi connectivity index (χ4v) is 3.42. The number of hydrogen-bond donors (Lipinski definition) is 3. The summed E-state index contributed by atoms with van der Waals surface area (Å²) in [6, 6.07) is 2.80. The Morgan fingerprint density at radius 3 is 2.28 bits per heavy atom. The first-order valence-electron chi connectivity index (χ1n) is 7.38. The van der Waals surface area contributed by atoms with Gasteiger partial charge in [-0.25, -0.2) is 4.79 Å². The summed E-state index contributed by atoms with van der Waals surface area (Å²) in [7, 11) is 1.41. The largest absolute Gasteiger partial charge is 0.508 e. The Labute approximate surface area is 160 Å². The average molecular weight is 408 g/mol. The molecule has 1 fully saturated rings. The van der Waals surface area contributed by atoms with Crippen LogP contribution in [0.1, 0.15) is 12.5 Å². The highest BCUT2D eigenvalue weighted by molar-refractivity contribution is 6.44. The molecule has 0 atom stereocenters. The van der Waals surface area contributed by atoms with E-state index in [1.807, 2.05) is 0 Å². The molecule has 1 saturated heterocycles. The van der Waals surface area contributed by atoms with E-state index in [0.717, 1.165) is 0 Å². The van der Waals surface area contributed by atoms with Crippen LogP contribution in [-0.4, -0.2) is 49.2 Å². The summed E-state index contributed by atoms with van der Waals surface area (Å²) in [6.07, 6.45) is 0. The van der Waals surface area contributed by atoms with Crippen LogP contribution >= 0.6 is 34.8 Å². The summed E-state index contributed by atoms with van der Waals surface area (Å²) in [6.45, 7) is 2.26. The van der Waals surface area contributed by atoms with Crippen molar-refractivity contribution >= 4 is 46.5 Å². The Balaban J connectivity index is 2.61. The second-order valence-electron chi connectivity index (χ2n) is 5.37. The monoisotopic (exact) mass is 406 g/mol. The third kappa shape index (κ3) is 3.78. The van der Waals surface area contributed by atoms with Crippen LogP contribution in [0, 0.1) is 5.41 Å². The van der Waals surface area contributed by atoms with E-state index in [9.17, 15) is 9.90 Å².